The summed E-state index contributed by atoms with van der Waals surface area (Å²) in [5.41, 5.74) is 2.99. The molecule has 26 heavy (non-hydrogen) atoms. The quantitative estimate of drug-likeness (QED) is 0.636. The number of hydrogen-bond donors (Lipinski definition) is 1. The van der Waals surface area contributed by atoms with E-state index in [-0.39, 0.29) is 10.8 Å². The Labute approximate surface area is 159 Å². The molecule has 0 aromatic heterocycles. The van der Waals surface area contributed by atoms with Crippen LogP contribution in [0.1, 0.15) is 50.4 Å². The molecule has 0 amide bonds. The number of rotatable bonds is 8. The Hall–Kier alpha value is -1.39. The third-order valence-corrected chi connectivity index (χ3v) is 6.33. The Morgan fingerprint density at radius 3 is 2.35 bits per heavy atom. The van der Waals surface area contributed by atoms with Gasteiger partial charge in [-0.2, -0.15) is 0 Å². The minimum atomic E-state index is -1.61. The summed E-state index contributed by atoms with van der Waals surface area (Å²) in [6.07, 6.45) is 0.508. The predicted molar refractivity (Wildman–Crippen MR) is 109 cm³/mol. The average Bonchev–Trinajstić information content (AvgIpc) is 2.64. The molecule has 1 N–H and O–H groups in total. The highest BCUT2D eigenvalue weighted by Gasteiger charge is 2.25. The summed E-state index contributed by atoms with van der Waals surface area (Å²) in [7, 11) is -2.83. The monoisotopic (exact) mass is 392 g/mol. The third kappa shape index (κ3) is 6.10. The van der Waals surface area contributed by atoms with Crippen molar-refractivity contribution in [2.24, 2.45) is 0 Å². The van der Waals surface area contributed by atoms with Gasteiger partial charge in [0.2, 0.25) is 0 Å². The Kier molecular flexibility index (Phi) is 7.66. The van der Waals surface area contributed by atoms with E-state index in [1.807, 2.05) is 82.3 Å². The first-order valence-corrected chi connectivity index (χ1v) is 11.2. The standard InChI is InChI=1S/C20H27NO3PS/c1-5-25(22)24-15-16-10-9-13-18(14-16)19(17-11-7-6-8-12-17)21-26(23)20(2,3)4/h6-14,19,21H,5,15H2,1-4H3/q+1/t19-,26?/m0/s1. The Bertz CT molecular complexity index is 759. The molecular formula is C20H27NO3PS+. The summed E-state index contributed by atoms with van der Waals surface area (Å²) in [6, 6.07) is 17.7. The van der Waals surface area contributed by atoms with Gasteiger partial charge in [-0.1, -0.05) is 54.6 Å². The summed E-state index contributed by atoms with van der Waals surface area (Å²) >= 11 is 0. The normalized spacial score (nSPS) is 14.7. The first kappa shape index (κ1) is 20.9. The Morgan fingerprint density at radius 2 is 1.73 bits per heavy atom. The van der Waals surface area contributed by atoms with Crippen LogP contribution in [0.15, 0.2) is 54.6 Å². The van der Waals surface area contributed by atoms with Crippen LogP contribution in [0.5, 0.6) is 0 Å². The number of benzene rings is 2. The smallest absolute Gasteiger partial charge is 0.242 e. The molecule has 0 radical (unpaired) electrons. The van der Waals surface area contributed by atoms with Gasteiger partial charge in [0.15, 0.2) is 6.16 Å². The second-order valence-electron chi connectivity index (χ2n) is 7.01. The SMILES string of the molecule is CC[P+](=O)OCc1cccc([C@@H](NS(=O)C(C)(C)C)c2ccccc2)c1. The van der Waals surface area contributed by atoms with E-state index in [4.69, 9.17) is 4.52 Å². The van der Waals surface area contributed by atoms with Crippen molar-refractivity contribution >= 4 is 19.0 Å². The first-order chi connectivity index (χ1) is 12.3. The van der Waals surface area contributed by atoms with Crippen LogP contribution >= 0.6 is 8.03 Å². The summed E-state index contributed by atoms with van der Waals surface area (Å²) in [5, 5.41) is 0. The fraction of sp³-hybridized carbons (Fsp3) is 0.400. The lowest BCUT2D eigenvalue weighted by atomic mass is 9.98. The van der Waals surface area contributed by atoms with Gasteiger partial charge in [-0.25, -0.2) is 8.93 Å². The van der Waals surface area contributed by atoms with Crippen LogP contribution in [0.2, 0.25) is 0 Å². The molecule has 0 bridgehead atoms. The van der Waals surface area contributed by atoms with Crippen LogP contribution in [-0.2, 0) is 26.7 Å². The van der Waals surface area contributed by atoms with Gasteiger partial charge < -0.3 is 0 Å². The number of hydrogen-bond acceptors (Lipinski definition) is 3. The van der Waals surface area contributed by atoms with E-state index >= 15 is 0 Å². The lowest BCUT2D eigenvalue weighted by molar-refractivity contribution is 0.319. The van der Waals surface area contributed by atoms with E-state index in [9.17, 15) is 8.77 Å². The molecule has 2 unspecified atom stereocenters. The van der Waals surface area contributed by atoms with Crippen LogP contribution in [0, 0.1) is 0 Å². The van der Waals surface area contributed by atoms with Crippen molar-refractivity contribution in [2.75, 3.05) is 6.16 Å². The van der Waals surface area contributed by atoms with E-state index in [1.54, 1.807) is 0 Å². The van der Waals surface area contributed by atoms with Crippen LogP contribution < -0.4 is 4.72 Å². The second kappa shape index (κ2) is 9.52. The van der Waals surface area contributed by atoms with Gasteiger partial charge in [0.25, 0.3) is 0 Å². The largest absolute Gasteiger partial charge is 0.508 e. The van der Waals surface area contributed by atoms with Gasteiger partial charge in [-0.05, 0) is 49.0 Å². The molecule has 6 heteroatoms. The van der Waals surface area contributed by atoms with Gasteiger partial charge >= 0.3 is 8.03 Å². The molecule has 4 nitrogen and oxygen atoms in total. The molecule has 0 spiro atoms. The minimum Gasteiger partial charge on any atom is -0.242 e. The average molecular weight is 392 g/mol. The lowest BCUT2D eigenvalue weighted by Gasteiger charge is -2.25. The van der Waals surface area contributed by atoms with Crippen molar-refractivity contribution < 1.29 is 13.3 Å². The molecule has 0 fully saturated rings. The molecule has 0 aliphatic rings. The minimum absolute atomic E-state index is 0.198. The van der Waals surface area contributed by atoms with Crippen molar-refractivity contribution in [1.29, 1.82) is 0 Å². The van der Waals surface area contributed by atoms with E-state index in [1.165, 1.54) is 0 Å². The maximum absolute atomic E-state index is 12.7. The van der Waals surface area contributed by atoms with E-state index < -0.39 is 19.0 Å². The molecule has 140 valence electrons. The zero-order chi connectivity index (χ0) is 19.2. The highest BCUT2D eigenvalue weighted by atomic mass is 32.2. The molecule has 0 aliphatic heterocycles. The van der Waals surface area contributed by atoms with E-state index in [2.05, 4.69) is 4.72 Å². The van der Waals surface area contributed by atoms with Gasteiger partial charge in [0.05, 0.1) is 21.8 Å². The predicted octanol–water partition coefficient (Wildman–Crippen LogP) is 5.11. The highest BCUT2D eigenvalue weighted by molar-refractivity contribution is 7.84. The van der Waals surface area contributed by atoms with Crippen LogP contribution in [-0.4, -0.2) is 15.1 Å². The molecule has 2 aromatic rings. The van der Waals surface area contributed by atoms with Crippen LogP contribution in [0.3, 0.4) is 0 Å². The van der Waals surface area contributed by atoms with Crippen LogP contribution in [0.25, 0.3) is 0 Å². The Balaban J connectivity index is 2.30. The van der Waals surface area contributed by atoms with Gasteiger partial charge in [-0.15, -0.1) is 4.52 Å². The zero-order valence-corrected chi connectivity index (χ0v) is 17.5. The molecule has 0 aliphatic carbocycles. The fourth-order valence-corrected chi connectivity index (χ4v) is 3.67. The highest BCUT2D eigenvalue weighted by Crippen LogP contribution is 2.27. The van der Waals surface area contributed by atoms with Crippen molar-refractivity contribution in [1.82, 2.24) is 4.72 Å². The fourth-order valence-electron chi connectivity index (χ4n) is 2.36. The summed E-state index contributed by atoms with van der Waals surface area (Å²) in [4.78, 5) is 0. The topological polar surface area (TPSA) is 55.4 Å². The molecule has 0 saturated carbocycles. The maximum atomic E-state index is 12.7. The summed E-state index contributed by atoms with van der Waals surface area (Å²) in [6.45, 7) is 7.99. The molecule has 0 heterocycles. The summed E-state index contributed by atoms with van der Waals surface area (Å²) < 4.78 is 32.5. The number of nitrogens with one attached hydrogen (secondary N) is 1. The molecular weight excluding hydrogens is 365 g/mol. The first-order valence-electron chi connectivity index (χ1n) is 8.70. The molecule has 2 rings (SSSR count). The zero-order valence-electron chi connectivity index (χ0n) is 15.8. The molecule has 0 saturated heterocycles. The van der Waals surface area contributed by atoms with Gasteiger partial charge in [0.1, 0.15) is 6.61 Å². The van der Waals surface area contributed by atoms with Gasteiger partial charge in [0, 0.05) is 0 Å². The molecule has 3 atom stereocenters. The van der Waals surface area contributed by atoms with Crippen molar-refractivity contribution in [3.05, 3.63) is 71.3 Å². The van der Waals surface area contributed by atoms with E-state index in [0.717, 1.165) is 16.7 Å². The lowest BCUT2D eigenvalue weighted by Crippen LogP contribution is -2.36. The maximum Gasteiger partial charge on any atom is 0.508 e. The van der Waals surface area contributed by atoms with E-state index in [0.29, 0.717) is 12.8 Å². The molecule has 2 aromatic carbocycles. The second-order valence-corrected chi connectivity index (χ2v) is 10.6. The Morgan fingerprint density at radius 1 is 1.08 bits per heavy atom. The third-order valence-electron chi connectivity index (χ3n) is 3.83. The van der Waals surface area contributed by atoms with Crippen molar-refractivity contribution in [2.45, 2.75) is 45.1 Å². The van der Waals surface area contributed by atoms with Crippen LogP contribution in [0.4, 0.5) is 0 Å². The van der Waals surface area contributed by atoms with Crippen molar-refractivity contribution in [3.8, 4) is 0 Å². The summed E-state index contributed by atoms with van der Waals surface area (Å²) in [5.74, 6) is 0. The van der Waals surface area contributed by atoms with Gasteiger partial charge in [-0.3, -0.25) is 0 Å². The van der Waals surface area contributed by atoms with Crippen molar-refractivity contribution in [3.63, 3.8) is 0 Å².